The van der Waals surface area contributed by atoms with E-state index in [1.165, 1.54) is 0 Å². The largest absolute Gasteiger partial charge is 0.481 e. The lowest BCUT2D eigenvalue weighted by atomic mass is 9.97. The first-order valence-electron chi connectivity index (χ1n) is 6.44. The molecule has 9 heteroatoms. The fourth-order valence-electron chi connectivity index (χ4n) is 1.58. The van der Waals surface area contributed by atoms with Crippen molar-refractivity contribution in [3.05, 3.63) is 0 Å². The molecule has 0 heterocycles. The molecule has 0 aliphatic rings. The van der Waals surface area contributed by atoms with Crippen molar-refractivity contribution in [1.29, 1.82) is 0 Å². The van der Waals surface area contributed by atoms with Crippen LogP contribution in [0, 0.1) is 5.92 Å². The summed E-state index contributed by atoms with van der Waals surface area (Å²) in [6, 6.07) is -2.21. The number of carboxylic acids is 1. The lowest BCUT2D eigenvalue weighted by molar-refractivity contribution is -0.140. The minimum atomic E-state index is -1.32. The molecule has 3 atom stereocenters. The molecule has 0 radical (unpaired) electrons. The Morgan fingerprint density at radius 2 is 1.81 bits per heavy atom. The van der Waals surface area contributed by atoms with E-state index < -0.39 is 42.2 Å². The Balaban J connectivity index is 4.96. The predicted molar refractivity (Wildman–Crippen MR) is 78.6 cm³/mol. The van der Waals surface area contributed by atoms with E-state index in [0.717, 1.165) is 0 Å². The van der Waals surface area contributed by atoms with Crippen LogP contribution in [0.1, 0.15) is 26.7 Å². The van der Waals surface area contributed by atoms with Crippen molar-refractivity contribution < 1.29 is 24.3 Å². The van der Waals surface area contributed by atoms with Crippen LogP contribution < -0.4 is 16.4 Å². The third kappa shape index (κ3) is 6.98. The molecule has 0 aliphatic heterocycles. The van der Waals surface area contributed by atoms with Gasteiger partial charge in [-0.15, -0.1) is 0 Å². The van der Waals surface area contributed by atoms with Crippen LogP contribution in [0.4, 0.5) is 0 Å². The Bertz CT molecular complexity index is 416. The fourth-order valence-corrected chi connectivity index (χ4v) is 1.67. The zero-order valence-corrected chi connectivity index (χ0v) is 12.9. The molecule has 0 aromatic rings. The highest BCUT2D eigenvalue weighted by Gasteiger charge is 2.29. The molecule has 8 nitrogen and oxygen atoms in total. The number of carbonyl (C=O) groups is 4. The van der Waals surface area contributed by atoms with E-state index in [-0.39, 0.29) is 11.7 Å². The summed E-state index contributed by atoms with van der Waals surface area (Å²) in [5.74, 6) is -3.59. The van der Waals surface area contributed by atoms with E-state index in [0.29, 0.717) is 6.42 Å². The van der Waals surface area contributed by atoms with Crippen molar-refractivity contribution >= 4 is 36.3 Å². The molecule has 0 unspecified atom stereocenters. The molecule has 0 aliphatic carbocycles. The average molecular weight is 319 g/mol. The van der Waals surface area contributed by atoms with Crippen molar-refractivity contribution in [3.63, 3.8) is 0 Å². The zero-order valence-electron chi connectivity index (χ0n) is 12.0. The maximum Gasteiger partial charge on any atom is 0.305 e. The number of rotatable bonds is 9. The molecule has 0 aromatic heterocycles. The summed E-state index contributed by atoms with van der Waals surface area (Å²) < 4.78 is 0. The number of thiol groups is 1. The normalized spacial score (nSPS) is 14.6. The van der Waals surface area contributed by atoms with Gasteiger partial charge in [-0.25, -0.2) is 0 Å². The minimum absolute atomic E-state index is 0.0887. The van der Waals surface area contributed by atoms with Crippen LogP contribution in [0.5, 0.6) is 0 Å². The SMILES string of the molecule is CC[C@@H](C)[C@H](NC(=O)CS)C(=O)N[C@@H](CC(=O)O)C(N)=O. The average Bonchev–Trinajstić information content (AvgIpc) is 2.41. The van der Waals surface area contributed by atoms with E-state index in [4.69, 9.17) is 10.8 Å². The smallest absolute Gasteiger partial charge is 0.305 e. The summed E-state index contributed by atoms with van der Waals surface area (Å²) in [5, 5.41) is 13.4. The molecule has 0 bridgehead atoms. The standard InChI is InChI=1S/C12H21N3O5S/c1-3-6(2)10(15-8(16)5-21)12(20)14-7(11(13)19)4-9(17)18/h6-7,10,21H,3-5H2,1-2H3,(H2,13,19)(H,14,20)(H,15,16)(H,17,18)/t6-,7+,10+/m1/s1. The molecule has 0 saturated carbocycles. The van der Waals surface area contributed by atoms with Crippen LogP contribution in [0.2, 0.25) is 0 Å². The van der Waals surface area contributed by atoms with Crippen LogP contribution in [0.3, 0.4) is 0 Å². The zero-order chi connectivity index (χ0) is 16.6. The highest BCUT2D eigenvalue weighted by atomic mass is 32.1. The molecule has 21 heavy (non-hydrogen) atoms. The first kappa shape index (κ1) is 19.2. The molecule has 0 aromatic carbocycles. The van der Waals surface area contributed by atoms with Gasteiger partial charge in [0, 0.05) is 0 Å². The highest BCUT2D eigenvalue weighted by Crippen LogP contribution is 2.09. The summed E-state index contributed by atoms with van der Waals surface area (Å²) in [5.41, 5.74) is 5.05. The summed E-state index contributed by atoms with van der Waals surface area (Å²) in [4.78, 5) is 45.3. The van der Waals surface area contributed by atoms with E-state index in [9.17, 15) is 19.2 Å². The highest BCUT2D eigenvalue weighted by molar-refractivity contribution is 7.81. The molecule has 5 N–H and O–H groups in total. The summed E-state index contributed by atoms with van der Waals surface area (Å²) >= 11 is 3.81. The maximum atomic E-state index is 12.1. The third-order valence-corrected chi connectivity index (χ3v) is 3.28. The topological polar surface area (TPSA) is 139 Å². The number of nitrogens with one attached hydrogen (secondary N) is 2. The summed E-state index contributed by atoms with van der Waals surface area (Å²) in [7, 11) is 0. The van der Waals surface area contributed by atoms with Crippen LogP contribution in [-0.4, -0.2) is 46.6 Å². The first-order chi connectivity index (χ1) is 9.72. The lowest BCUT2D eigenvalue weighted by Crippen LogP contribution is -2.55. The Morgan fingerprint density at radius 1 is 1.24 bits per heavy atom. The van der Waals surface area contributed by atoms with Crippen LogP contribution in [0.25, 0.3) is 0 Å². The Hall–Kier alpha value is -1.77. The molecule has 0 fully saturated rings. The molecule has 0 spiro atoms. The van der Waals surface area contributed by atoms with E-state index in [1.54, 1.807) is 6.92 Å². The Morgan fingerprint density at radius 3 is 2.19 bits per heavy atom. The van der Waals surface area contributed by atoms with E-state index in [2.05, 4.69) is 23.3 Å². The van der Waals surface area contributed by atoms with Crippen molar-refractivity contribution in [2.45, 2.75) is 38.8 Å². The second kappa shape index (κ2) is 9.22. The molecular weight excluding hydrogens is 298 g/mol. The van der Waals surface area contributed by atoms with Gasteiger partial charge < -0.3 is 21.5 Å². The Labute approximate surface area is 128 Å². The van der Waals surface area contributed by atoms with Crippen molar-refractivity contribution in [2.75, 3.05) is 5.75 Å². The van der Waals surface area contributed by atoms with Gasteiger partial charge in [0.1, 0.15) is 12.1 Å². The number of nitrogens with two attached hydrogens (primary N) is 1. The summed E-state index contributed by atoms with van der Waals surface area (Å²) in [6.07, 6.45) is -0.0140. The summed E-state index contributed by atoms with van der Waals surface area (Å²) in [6.45, 7) is 3.58. The van der Waals surface area contributed by atoms with E-state index >= 15 is 0 Å². The number of hydrogen-bond acceptors (Lipinski definition) is 5. The first-order valence-corrected chi connectivity index (χ1v) is 7.07. The molecule has 3 amide bonds. The van der Waals surface area contributed by atoms with Crippen LogP contribution in [0.15, 0.2) is 0 Å². The number of amides is 3. The second-order valence-corrected chi connectivity index (χ2v) is 4.97. The van der Waals surface area contributed by atoms with Gasteiger partial charge in [0.25, 0.3) is 0 Å². The third-order valence-electron chi connectivity index (χ3n) is 2.99. The molecule has 0 saturated heterocycles. The van der Waals surface area contributed by atoms with Gasteiger partial charge in [-0.2, -0.15) is 12.6 Å². The van der Waals surface area contributed by atoms with Gasteiger partial charge in [0.05, 0.1) is 12.2 Å². The van der Waals surface area contributed by atoms with Crippen molar-refractivity contribution in [3.8, 4) is 0 Å². The second-order valence-electron chi connectivity index (χ2n) is 4.65. The monoisotopic (exact) mass is 319 g/mol. The van der Waals surface area contributed by atoms with Gasteiger partial charge in [-0.1, -0.05) is 20.3 Å². The lowest BCUT2D eigenvalue weighted by Gasteiger charge is -2.25. The van der Waals surface area contributed by atoms with Crippen LogP contribution >= 0.6 is 12.6 Å². The maximum absolute atomic E-state index is 12.1. The van der Waals surface area contributed by atoms with Gasteiger partial charge in [-0.3, -0.25) is 19.2 Å². The molecule has 0 rings (SSSR count). The van der Waals surface area contributed by atoms with Gasteiger partial charge in [0.2, 0.25) is 17.7 Å². The van der Waals surface area contributed by atoms with Crippen molar-refractivity contribution in [1.82, 2.24) is 10.6 Å². The van der Waals surface area contributed by atoms with Gasteiger partial charge in [0.15, 0.2) is 0 Å². The van der Waals surface area contributed by atoms with Gasteiger partial charge in [-0.05, 0) is 5.92 Å². The van der Waals surface area contributed by atoms with Crippen LogP contribution in [-0.2, 0) is 19.2 Å². The van der Waals surface area contributed by atoms with Gasteiger partial charge >= 0.3 is 5.97 Å². The molecule has 120 valence electrons. The predicted octanol–water partition coefficient (Wildman–Crippen LogP) is -1.11. The fraction of sp³-hybridized carbons (Fsp3) is 0.667. The number of primary amides is 1. The number of aliphatic carboxylic acids is 1. The molecular formula is C12H21N3O5S. The van der Waals surface area contributed by atoms with E-state index in [1.807, 2.05) is 6.92 Å². The minimum Gasteiger partial charge on any atom is -0.481 e. The Kier molecular flexibility index (Phi) is 8.44. The van der Waals surface area contributed by atoms with Crippen molar-refractivity contribution in [2.24, 2.45) is 11.7 Å². The number of carbonyl (C=O) groups excluding carboxylic acids is 3. The quantitative estimate of drug-likeness (QED) is 0.343. The number of carboxylic acid groups (broad SMARTS) is 1. The number of hydrogen-bond donors (Lipinski definition) is 5.